The second-order valence-corrected chi connectivity index (χ2v) is 8.48. The Balaban J connectivity index is 1.77. The molecule has 2 rings (SSSR count). The van der Waals surface area contributed by atoms with Crippen LogP contribution in [-0.2, 0) is 14.8 Å². The Labute approximate surface area is 140 Å². The lowest BCUT2D eigenvalue weighted by molar-refractivity contribution is -0.114. The zero-order valence-corrected chi connectivity index (χ0v) is 14.9. The quantitative estimate of drug-likeness (QED) is 0.555. The number of carbonyl (C=O) groups excluding carboxylic acids is 1. The average Bonchev–Trinajstić information content (AvgIpc) is 2.80. The van der Waals surface area contributed by atoms with Crippen LogP contribution < -0.4 is 10.0 Å². The van der Waals surface area contributed by atoms with Crippen molar-refractivity contribution in [2.24, 2.45) is 0 Å². The van der Waals surface area contributed by atoms with Gasteiger partial charge in [-0.05, 0) is 38.9 Å². The van der Waals surface area contributed by atoms with Crippen molar-refractivity contribution in [2.75, 3.05) is 31.5 Å². The highest BCUT2D eigenvalue weighted by Crippen LogP contribution is 2.19. The van der Waals surface area contributed by atoms with Crippen LogP contribution in [0.2, 0.25) is 0 Å². The van der Waals surface area contributed by atoms with E-state index in [1.807, 2.05) is 0 Å². The number of nitrogens with one attached hydrogen (secondary N) is 2. The van der Waals surface area contributed by atoms with E-state index >= 15 is 0 Å². The summed E-state index contributed by atoms with van der Waals surface area (Å²) in [7, 11) is -3.66. The van der Waals surface area contributed by atoms with E-state index in [2.05, 4.69) is 25.1 Å². The Morgan fingerprint density at radius 1 is 1.22 bits per heavy atom. The first-order valence-corrected chi connectivity index (χ1v) is 10.1. The second-order valence-electron chi connectivity index (χ2n) is 5.56. The Bertz CT molecular complexity index is 609. The molecule has 1 aliphatic heterocycles. The molecule has 0 radical (unpaired) electrons. The zero-order valence-electron chi connectivity index (χ0n) is 13.2. The summed E-state index contributed by atoms with van der Waals surface area (Å²) in [5.74, 6) is -0.310. The molecule has 1 aromatic rings. The molecule has 0 unspecified atom stereocenters. The van der Waals surface area contributed by atoms with Crippen molar-refractivity contribution in [3.05, 3.63) is 0 Å². The number of sulfonamides is 1. The minimum absolute atomic E-state index is 0.129. The Morgan fingerprint density at radius 3 is 2.57 bits per heavy atom. The molecule has 1 saturated heterocycles. The van der Waals surface area contributed by atoms with Crippen molar-refractivity contribution >= 4 is 32.4 Å². The van der Waals surface area contributed by atoms with Crippen molar-refractivity contribution < 1.29 is 13.2 Å². The maximum absolute atomic E-state index is 12.1. The summed E-state index contributed by atoms with van der Waals surface area (Å²) in [6, 6.07) is 0. The van der Waals surface area contributed by atoms with Crippen LogP contribution in [0.5, 0.6) is 0 Å². The maximum Gasteiger partial charge on any atom is 0.269 e. The fourth-order valence-electron chi connectivity index (χ4n) is 2.45. The van der Waals surface area contributed by atoms with Gasteiger partial charge in [-0.3, -0.25) is 4.79 Å². The first-order chi connectivity index (χ1) is 11.0. The van der Waals surface area contributed by atoms with Crippen LogP contribution in [0.3, 0.4) is 0 Å². The van der Waals surface area contributed by atoms with Crippen LogP contribution in [-0.4, -0.2) is 55.6 Å². The van der Waals surface area contributed by atoms with Crippen LogP contribution in [0.1, 0.15) is 39.0 Å². The number of hydrogen-bond donors (Lipinski definition) is 2. The van der Waals surface area contributed by atoms with Gasteiger partial charge in [0.25, 0.3) is 10.0 Å². The lowest BCUT2D eigenvalue weighted by Gasteiger charge is -2.19. The first-order valence-electron chi connectivity index (χ1n) is 7.80. The molecule has 10 heteroatoms. The number of anilines is 1. The highest BCUT2D eigenvalue weighted by Gasteiger charge is 2.20. The van der Waals surface area contributed by atoms with E-state index in [0.717, 1.165) is 37.4 Å². The molecule has 2 heterocycles. The summed E-state index contributed by atoms with van der Waals surface area (Å²) in [5, 5.41) is 9.86. The molecule has 0 aromatic carbocycles. The topological polar surface area (TPSA) is 104 Å². The second kappa shape index (κ2) is 8.67. The van der Waals surface area contributed by atoms with Gasteiger partial charge in [0.1, 0.15) is 0 Å². The Hall–Kier alpha value is -1.10. The van der Waals surface area contributed by atoms with E-state index in [4.69, 9.17) is 0 Å². The third-order valence-electron chi connectivity index (χ3n) is 3.56. The van der Waals surface area contributed by atoms with Gasteiger partial charge >= 0.3 is 0 Å². The van der Waals surface area contributed by atoms with Crippen molar-refractivity contribution in [3.8, 4) is 0 Å². The summed E-state index contributed by atoms with van der Waals surface area (Å²) in [6.07, 6.45) is 5.79. The number of rotatable bonds is 7. The predicted molar refractivity (Wildman–Crippen MR) is 88.9 cm³/mol. The highest BCUT2D eigenvalue weighted by atomic mass is 32.2. The fourth-order valence-corrected chi connectivity index (χ4v) is 4.51. The van der Waals surface area contributed by atoms with Crippen LogP contribution in [0, 0.1) is 0 Å². The minimum atomic E-state index is -3.66. The van der Waals surface area contributed by atoms with E-state index in [0.29, 0.717) is 6.54 Å². The van der Waals surface area contributed by atoms with Gasteiger partial charge in [-0.2, -0.15) is 0 Å². The summed E-state index contributed by atoms with van der Waals surface area (Å²) in [4.78, 5) is 13.3. The molecule has 0 spiro atoms. The van der Waals surface area contributed by atoms with E-state index in [9.17, 15) is 13.2 Å². The molecule has 1 fully saturated rings. The molecule has 0 bridgehead atoms. The molecule has 1 aromatic heterocycles. The molecule has 1 amide bonds. The van der Waals surface area contributed by atoms with Gasteiger partial charge in [0, 0.05) is 13.5 Å². The van der Waals surface area contributed by atoms with Gasteiger partial charge in [-0.25, -0.2) is 13.1 Å². The molecule has 0 saturated carbocycles. The van der Waals surface area contributed by atoms with Crippen LogP contribution in [0.15, 0.2) is 4.34 Å². The van der Waals surface area contributed by atoms with Gasteiger partial charge in [0.15, 0.2) is 0 Å². The number of carbonyl (C=O) groups is 1. The molecule has 23 heavy (non-hydrogen) atoms. The smallest absolute Gasteiger partial charge is 0.269 e. The third kappa shape index (κ3) is 6.13. The first kappa shape index (κ1) is 18.2. The average molecular weight is 361 g/mol. The summed E-state index contributed by atoms with van der Waals surface area (Å²) >= 11 is 0.842. The fraction of sp³-hybridized carbons (Fsp3) is 0.769. The van der Waals surface area contributed by atoms with E-state index in [-0.39, 0.29) is 15.4 Å². The van der Waals surface area contributed by atoms with Gasteiger partial charge in [-0.1, -0.05) is 24.2 Å². The summed E-state index contributed by atoms with van der Waals surface area (Å²) in [6.45, 7) is 4.80. The standard InChI is InChI=1S/C13H23N5O3S2/c1-11(19)15-12-16-17-13(22-12)23(20,21)14-7-6-10-18-8-4-2-3-5-9-18/h14H,2-10H2,1H3,(H,15,16,19). The molecule has 0 aliphatic carbocycles. The van der Waals surface area contributed by atoms with E-state index in [1.54, 1.807) is 0 Å². The maximum atomic E-state index is 12.1. The lowest BCUT2D eigenvalue weighted by atomic mass is 10.2. The van der Waals surface area contributed by atoms with Crippen molar-refractivity contribution in [1.82, 2.24) is 19.8 Å². The molecule has 8 nitrogen and oxygen atoms in total. The van der Waals surface area contributed by atoms with Crippen LogP contribution in [0.25, 0.3) is 0 Å². The summed E-state index contributed by atoms with van der Waals surface area (Å²) < 4.78 is 26.6. The van der Waals surface area contributed by atoms with Gasteiger partial charge < -0.3 is 10.2 Å². The number of hydrogen-bond acceptors (Lipinski definition) is 7. The number of nitrogens with zero attached hydrogens (tertiary/aromatic N) is 3. The minimum Gasteiger partial charge on any atom is -0.303 e. The van der Waals surface area contributed by atoms with Gasteiger partial charge in [0.2, 0.25) is 15.4 Å². The van der Waals surface area contributed by atoms with Crippen molar-refractivity contribution in [1.29, 1.82) is 0 Å². The third-order valence-corrected chi connectivity index (χ3v) is 6.23. The monoisotopic (exact) mass is 361 g/mol. The van der Waals surface area contributed by atoms with Gasteiger partial charge in [-0.15, -0.1) is 10.2 Å². The van der Waals surface area contributed by atoms with Crippen molar-refractivity contribution in [2.45, 2.75) is 43.4 Å². The zero-order chi connectivity index (χ0) is 16.7. The Kier molecular flexibility index (Phi) is 6.88. The molecule has 1 aliphatic rings. The largest absolute Gasteiger partial charge is 0.303 e. The van der Waals surface area contributed by atoms with E-state index < -0.39 is 10.0 Å². The Morgan fingerprint density at radius 2 is 1.91 bits per heavy atom. The molecular weight excluding hydrogens is 338 g/mol. The van der Waals surface area contributed by atoms with Crippen molar-refractivity contribution in [3.63, 3.8) is 0 Å². The molecular formula is C13H23N5O3S2. The molecule has 2 N–H and O–H groups in total. The number of likely N-dealkylation sites (tertiary alicyclic amines) is 1. The lowest BCUT2D eigenvalue weighted by Crippen LogP contribution is -2.30. The van der Waals surface area contributed by atoms with Gasteiger partial charge in [0.05, 0.1) is 0 Å². The normalized spacial score (nSPS) is 16.9. The summed E-state index contributed by atoms with van der Waals surface area (Å²) in [5.41, 5.74) is 0. The highest BCUT2D eigenvalue weighted by molar-refractivity contribution is 7.91. The van der Waals surface area contributed by atoms with Crippen LogP contribution in [0.4, 0.5) is 5.13 Å². The molecule has 0 atom stereocenters. The molecule has 130 valence electrons. The van der Waals surface area contributed by atoms with E-state index in [1.165, 1.54) is 32.6 Å². The predicted octanol–water partition coefficient (Wildman–Crippen LogP) is 1.04. The SMILES string of the molecule is CC(=O)Nc1nnc(S(=O)(=O)NCCCN2CCCCCC2)s1. The number of amides is 1. The number of aromatic nitrogens is 2. The van der Waals surface area contributed by atoms with Crippen LogP contribution >= 0.6 is 11.3 Å².